The van der Waals surface area contributed by atoms with Crippen molar-refractivity contribution in [3.05, 3.63) is 27.8 Å². The summed E-state index contributed by atoms with van der Waals surface area (Å²) in [5, 5.41) is 2.94. The van der Waals surface area contributed by atoms with E-state index in [0.717, 1.165) is 9.26 Å². The molecule has 94 valence electrons. The Bertz CT molecular complexity index is 395. The number of carbonyl (C=O) groups excluding carboxylic acids is 1. The smallest absolute Gasteiger partial charge is 0.224 e. The van der Waals surface area contributed by atoms with E-state index in [1.807, 2.05) is 24.3 Å². The minimum Gasteiger partial charge on any atom is -0.326 e. The second-order valence-electron chi connectivity index (χ2n) is 5.53. The van der Waals surface area contributed by atoms with Gasteiger partial charge in [0.2, 0.25) is 5.91 Å². The van der Waals surface area contributed by atoms with Crippen molar-refractivity contribution in [1.82, 2.24) is 0 Å². The molecule has 1 atom stereocenters. The Morgan fingerprint density at radius 3 is 2.59 bits per heavy atom. The van der Waals surface area contributed by atoms with Gasteiger partial charge in [0.05, 0.1) is 0 Å². The Morgan fingerprint density at radius 2 is 2.06 bits per heavy atom. The van der Waals surface area contributed by atoms with Crippen LogP contribution in [0.3, 0.4) is 0 Å². The van der Waals surface area contributed by atoms with Crippen LogP contribution in [0.2, 0.25) is 0 Å². The Morgan fingerprint density at radius 1 is 1.41 bits per heavy atom. The van der Waals surface area contributed by atoms with E-state index in [9.17, 15) is 4.79 Å². The number of anilines is 1. The Labute approximate surface area is 117 Å². The third kappa shape index (κ3) is 5.06. The molecule has 0 radical (unpaired) electrons. The standard InChI is InChI=1S/C14H20INO/c1-10(14(2,3)4)8-13(17)16-12-7-5-6-11(15)9-12/h5-7,9-10H,8H2,1-4H3,(H,16,17). The summed E-state index contributed by atoms with van der Waals surface area (Å²) in [6.07, 6.45) is 0.564. The Balaban J connectivity index is 2.56. The highest BCUT2D eigenvalue weighted by Crippen LogP contribution is 2.28. The van der Waals surface area contributed by atoms with Gasteiger partial charge in [-0.05, 0) is 52.1 Å². The van der Waals surface area contributed by atoms with E-state index in [0.29, 0.717) is 12.3 Å². The predicted molar refractivity (Wildman–Crippen MR) is 81.0 cm³/mol. The van der Waals surface area contributed by atoms with Crippen LogP contribution in [0, 0.1) is 14.9 Å². The van der Waals surface area contributed by atoms with Crippen LogP contribution in [0.15, 0.2) is 24.3 Å². The number of carbonyl (C=O) groups is 1. The SMILES string of the molecule is CC(CC(=O)Nc1cccc(I)c1)C(C)(C)C. The number of nitrogens with one attached hydrogen (secondary N) is 1. The topological polar surface area (TPSA) is 29.1 Å². The van der Waals surface area contributed by atoms with Gasteiger partial charge >= 0.3 is 0 Å². The van der Waals surface area contributed by atoms with Crippen molar-refractivity contribution in [2.45, 2.75) is 34.1 Å². The maximum absolute atomic E-state index is 11.9. The first kappa shape index (κ1) is 14.5. The maximum Gasteiger partial charge on any atom is 0.224 e. The highest BCUT2D eigenvalue weighted by atomic mass is 127. The van der Waals surface area contributed by atoms with Crippen LogP contribution in [-0.2, 0) is 4.79 Å². The summed E-state index contributed by atoms with van der Waals surface area (Å²) in [5.41, 5.74) is 1.05. The number of hydrogen-bond acceptors (Lipinski definition) is 1. The highest BCUT2D eigenvalue weighted by molar-refractivity contribution is 14.1. The zero-order valence-electron chi connectivity index (χ0n) is 10.9. The molecule has 0 fully saturated rings. The molecule has 0 aliphatic carbocycles. The van der Waals surface area contributed by atoms with Crippen LogP contribution in [0.25, 0.3) is 0 Å². The van der Waals surface area contributed by atoms with Gasteiger partial charge < -0.3 is 5.32 Å². The molecule has 1 amide bonds. The van der Waals surface area contributed by atoms with Gasteiger partial charge in [0, 0.05) is 15.7 Å². The zero-order valence-corrected chi connectivity index (χ0v) is 13.0. The van der Waals surface area contributed by atoms with Gasteiger partial charge in [-0.2, -0.15) is 0 Å². The van der Waals surface area contributed by atoms with Crippen molar-refractivity contribution in [2.75, 3.05) is 5.32 Å². The molecule has 0 aliphatic heterocycles. The van der Waals surface area contributed by atoms with Crippen LogP contribution >= 0.6 is 22.6 Å². The summed E-state index contributed by atoms with van der Waals surface area (Å²) in [6, 6.07) is 7.85. The van der Waals surface area contributed by atoms with E-state index >= 15 is 0 Å². The summed E-state index contributed by atoms with van der Waals surface area (Å²) in [6.45, 7) is 8.61. The molecule has 0 aromatic heterocycles. The normalized spacial score (nSPS) is 13.2. The third-order valence-corrected chi connectivity index (χ3v) is 3.75. The van der Waals surface area contributed by atoms with E-state index < -0.39 is 0 Å². The Kier molecular flexibility index (Phi) is 4.98. The van der Waals surface area contributed by atoms with E-state index in [4.69, 9.17) is 0 Å². The third-order valence-electron chi connectivity index (χ3n) is 3.08. The first-order valence-electron chi connectivity index (χ1n) is 5.84. The molecule has 0 aliphatic rings. The first-order valence-corrected chi connectivity index (χ1v) is 6.92. The lowest BCUT2D eigenvalue weighted by Gasteiger charge is -2.26. The van der Waals surface area contributed by atoms with E-state index in [1.165, 1.54) is 0 Å². The van der Waals surface area contributed by atoms with Crippen LogP contribution in [0.5, 0.6) is 0 Å². The maximum atomic E-state index is 11.9. The van der Waals surface area contributed by atoms with Crippen molar-refractivity contribution in [2.24, 2.45) is 11.3 Å². The fourth-order valence-corrected chi connectivity index (χ4v) is 1.91. The number of rotatable bonds is 3. The molecule has 3 heteroatoms. The molecule has 1 aromatic carbocycles. The summed E-state index contributed by atoms with van der Waals surface area (Å²) in [4.78, 5) is 11.9. The molecule has 1 unspecified atom stereocenters. The molecule has 2 nitrogen and oxygen atoms in total. The van der Waals surface area contributed by atoms with Gasteiger partial charge in [0.1, 0.15) is 0 Å². The fourth-order valence-electron chi connectivity index (χ4n) is 1.36. The average Bonchev–Trinajstić information content (AvgIpc) is 2.15. The van der Waals surface area contributed by atoms with Crippen molar-refractivity contribution in [3.8, 4) is 0 Å². The van der Waals surface area contributed by atoms with Crippen LogP contribution in [-0.4, -0.2) is 5.91 Å². The minimum atomic E-state index is 0.0921. The summed E-state index contributed by atoms with van der Waals surface area (Å²) in [7, 11) is 0. The van der Waals surface area contributed by atoms with Gasteiger partial charge in [-0.1, -0.05) is 33.8 Å². The summed E-state index contributed by atoms with van der Waals surface area (Å²) >= 11 is 2.24. The predicted octanol–water partition coefficient (Wildman–Crippen LogP) is 4.30. The monoisotopic (exact) mass is 345 g/mol. The van der Waals surface area contributed by atoms with Crippen LogP contribution < -0.4 is 5.32 Å². The zero-order chi connectivity index (χ0) is 13.1. The number of amides is 1. The Hall–Kier alpha value is -0.580. The molecule has 0 saturated carbocycles. The molecule has 1 N–H and O–H groups in total. The number of benzene rings is 1. The molecular formula is C14H20INO. The lowest BCUT2D eigenvalue weighted by atomic mass is 9.80. The fraction of sp³-hybridized carbons (Fsp3) is 0.500. The van der Waals surface area contributed by atoms with E-state index in [1.54, 1.807) is 0 Å². The first-order chi connectivity index (χ1) is 7.79. The minimum absolute atomic E-state index is 0.0921. The summed E-state index contributed by atoms with van der Waals surface area (Å²) in [5.74, 6) is 0.458. The molecule has 17 heavy (non-hydrogen) atoms. The van der Waals surface area contributed by atoms with Gasteiger partial charge in [-0.15, -0.1) is 0 Å². The second-order valence-corrected chi connectivity index (χ2v) is 6.78. The van der Waals surface area contributed by atoms with Crippen molar-refractivity contribution in [1.29, 1.82) is 0 Å². The van der Waals surface area contributed by atoms with Crippen LogP contribution in [0.1, 0.15) is 34.1 Å². The van der Waals surface area contributed by atoms with Gasteiger partial charge in [0.15, 0.2) is 0 Å². The van der Waals surface area contributed by atoms with Crippen LogP contribution in [0.4, 0.5) is 5.69 Å². The highest BCUT2D eigenvalue weighted by Gasteiger charge is 2.22. The summed E-state index contributed by atoms with van der Waals surface area (Å²) < 4.78 is 1.13. The second kappa shape index (κ2) is 5.85. The van der Waals surface area contributed by atoms with Gasteiger partial charge in [0.25, 0.3) is 0 Å². The molecule has 1 rings (SSSR count). The largest absolute Gasteiger partial charge is 0.326 e. The molecule has 0 bridgehead atoms. The van der Waals surface area contributed by atoms with E-state index in [2.05, 4.69) is 55.6 Å². The van der Waals surface area contributed by atoms with Crippen molar-refractivity contribution < 1.29 is 4.79 Å². The number of halogens is 1. The lowest BCUT2D eigenvalue weighted by molar-refractivity contribution is -0.117. The van der Waals surface area contributed by atoms with Crippen molar-refractivity contribution in [3.63, 3.8) is 0 Å². The molecular weight excluding hydrogens is 325 g/mol. The molecule has 0 heterocycles. The molecule has 1 aromatic rings. The molecule has 0 spiro atoms. The van der Waals surface area contributed by atoms with Gasteiger partial charge in [-0.3, -0.25) is 4.79 Å². The van der Waals surface area contributed by atoms with Crippen molar-refractivity contribution >= 4 is 34.2 Å². The van der Waals surface area contributed by atoms with Gasteiger partial charge in [-0.25, -0.2) is 0 Å². The molecule has 0 saturated heterocycles. The number of hydrogen-bond donors (Lipinski definition) is 1. The quantitative estimate of drug-likeness (QED) is 0.813. The van der Waals surface area contributed by atoms with E-state index in [-0.39, 0.29) is 11.3 Å². The lowest BCUT2D eigenvalue weighted by Crippen LogP contribution is -2.23. The average molecular weight is 345 g/mol.